The monoisotopic (exact) mass is 402 g/mol. The van der Waals surface area contributed by atoms with Gasteiger partial charge in [-0.3, -0.25) is 19.8 Å². The van der Waals surface area contributed by atoms with Crippen LogP contribution >= 0.6 is 22.9 Å². The van der Waals surface area contributed by atoms with Gasteiger partial charge in [-0.05, 0) is 30.3 Å². The number of thiophene rings is 1. The van der Waals surface area contributed by atoms with Crippen molar-refractivity contribution in [2.45, 2.75) is 19.5 Å². The van der Waals surface area contributed by atoms with Gasteiger partial charge < -0.3 is 4.98 Å². The van der Waals surface area contributed by atoms with Crippen molar-refractivity contribution in [3.05, 3.63) is 78.0 Å². The lowest BCUT2D eigenvalue weighted by Crippen LogP contribution is -2.35. The van der Waals surface area contributed by atoms with E-state index in [4.69, 9.17) is 11.6 Å². The average Bonchev–Trinajstić information content (AvgIpc) is 3.11. The fourth-order valence-corrected chi connectivity index (χ4v) is 4.12. The molecule has 4 rings (SSSR count). The third kappa shape index (κ3) is 3.78. The quantitative estimate of drug-likeness (QED) is 0.531. The van der Waals surface area contributed by atoms with Gasteiger partial charge in [-0.15, -0.1) is 0 Å². The van der Waals surface area contributed by atoms with Crippen LogP contribution in [0.5, 0.6) is 0 Å². The maximum absolute atomic E-state index is 12.6. The van der Waals surface area contributed by atoms with Crippen molar-refractivity contribution in [2.24, 2.45) is 0 Å². The number of benzene rings is 1. The Hall–Kier alpha value is -2.55. The Morgan fingerprint density at radius 3 is 2.74 bits per heavy atom. The highest BCUT2D eigenvalue weighted by Crippen LogP contribution is 2.27. The predicted octanol–water partition coefficient (Wildman–Crippen LogP) is 3.62. The first-order valence-electron chi connectivity index (χ1n) is 8.33. The number of fused-ring (bicyclic) bond motifs is 1. The highest BCUT2D eigenvalue weighted by molar-refractivity contribution is 7.15. The number of halogens is 1. The van der Waals surface area contributed by atoms with Crippen LogP contribution in [0.1, 0.15) is 16.1 Å². The lowest BCUT2D eigenvalue weighted by Gasteiger charge is -2.27. The Labute approximate surface area is 163 Å². The molecular formula is C18H15ClN4O3S. The first kappa shape index (κ1) is 17.8. The van der Waals surface area contributed by atoms with Gasteiger partial charge in [0.2, 0.25) is 0 Å². The number of nitrogens with zero attached hydrogens (tertiary/aromatic N) is 3. The Morgan fingerprint density at radius 2 is 2.04 bits per heavy atom. The molecule has 0 unspecified atom stereocenters. The minimum atomic E-state index is -0.382. The molecule has 1 aliphatic heterocycles. The second-order valence-electron chi connectivity index (χ2n) is 6.30. The van der Waals surface area contributed by atoms with E-state index < -0.39 is 0 Å². The molecule has 7 nitrogen and oxygen atoms in total. The smallest absolute Gasteiger partial charge is 0.306 e. The Morgan fingerprint density at radius 1 is 1.26 bits per heavy atom. The number of aromatic nitrogens is 2. The zero-order valence-corrected chi connectivity index (χ0v) is 15.7. The lowest BCUT2D eigenvalue weighted by atomic mass is 10.1. The van der Waals surface area contributed by atoms with Crippen LogP contribution in [-0.4, -0.2) is 26.3 Å². The van der Waals surface area contributed by atoms with Crippen molar-refractivity contribution in [1.82, 2.24) is 14.9 Å². The van der Waals surface area contributed by atoms with Crippen LogP contribution in [0.2, 0.25) is 5.02 Å². The molecule has 0 aliphatic carbocycles. The van der Waals surface area contributed by atoms with E-state index in [2.05, 4.69) is 14.9 Å². The summed E-state index contributed by atoms with van der Waals surface area (Å²) in [5.74, 6) is 0.540. The number of hydrogen-bond acceptors (Lipinski definition) is 6. The Balaban J connectivity index is 1.55. The summed E-state index contributed by atoms with van der Waals surface area (Å²) in [6.45, 7) is 1.80. The first-order chi connectivity index (χ1) is 13.0. The second-order valence-corrected chi connectivity index (χ2v) is 7.89. The Bertz CT molecular complexity index is 1060. The summed E-state index contributed by atoms with van der Waals surface area (Å²) >= 11 is 7.08. The van der Waals surface area contributed by atoms with Crippen molar-refractivity contribution in [2.75, 3.05) is 6.54 Å². The van der Waals surface area contributed by atoms with Crippen LogP contribution in [0.15, 0.2) is 41.2 Å². The largest absolute Gasteiger partial charge is 0.324 e. The van der Waals surface area contributed by atoms with Gasteiger partial charge in [0, 0.05) is 47.6 Å². The van der Waals surface area contributed by atoms with Gasteiger partial charge >= 0.3 is 5.00 Å². The normalized spacial score (nSPS) is 14.1. The summed E-state index contributed by atoms with van der Waals surface area (Å²) in [5.41, 5.74) is 2.13. The molecule has 1 N–H and O–H groups in total. The molecular weight excluding hydrogens is 388 g/mol. The molecule has 0 atom stereocenters. The van der Waals surface area contributed by atoms with Crippen molar-refractivity contribution >= 4 is 27.9 Å². The third-order valence-corrected chi connectivity index (χ3v) is 5.75. The number of H-pyrrole nitrogens is 1. The van der Waals surface area contributed by atoms with Gasteiger partial charge in [-0.2, -0.15) is 0 Å². The van der Waals surface area contributed by atoms with Crippen LogP contribution in [-0.2, 0) is 19.5 Å². The predicted molar refractivity (Wildman–Crippen MR) is 104 cm³/mol. The summed E-state index contributed by atoms with van der Waals surface area (Å²) in [6.07, 6.45) is 0.660. The fraction of sp³-hybridized carbons (Fsp3) is 0.222. The zero-order chi connectivity index (χ0) is 19.0. The summed E-state index contributed by atoms with van der Waals surface area (Å²) in [6, 6.07) is 10.5. The van der Waals surface area contributed by atoms with Gasteiger partial charge in [0.1, 0.15) is 5.82 Å². The lowest BCUT2D eigenvalue weighted by molar-refractivity contribution is -0.380. The van der Waals surface area contributed by atoms with Crippen molar-refractivity contribution in [3.63, 3.8) is 0 Å². The second kappa shape index (κ2) is 7.22. The van der Waals surface area contributed by atoms with Gasteiger partial charge in [-0.1, -0.05) is 22.9 Å². The van der Waals surface area contributed by atoms with E-state index in [1.54, 1.807) is 18.2 Å². The minimum absolute atomic E-state index is 0.134. The number of nitrogens with one attached hydrogen (secondary N) is 1. The van der Waals surface area contributed by atoms with E-state index in [9.17, 15) is 14.9 Å². The first-order valence-corrected chi connectivity index (χ1v) is 9.52. The molecule has 9 heteroatoms. The highest BCUT2D eigenvalue weighted by atomic mass is 35.5. The molecule has 1 aromatic carbocycles. The molecule has 0 spiro atoms. The van der Waals surface area contributed by atoms with Crippen LogP contribution in [0, 0.1) is 10.1 Å². The Kier molecular flexibility index (Phi) is 4.77. The SMILES string of the molecule is O=c1[nH]c(-c2ccc(Cl)cc2)nc2c1CN(Cc1ccc([N+](=O)[O-])s1)CC2. The van der Waals surface area contributed by atoms with E-state index in [0.29, 0.717) is 35.9 Å². The van der Waals surface area contributed by atoms with Crippen LogP contribution in [0.25, 0.3) is 11.4 Å². The summed E-state index contributed by atoms with van der Waals surface area (Å²) in [7, 11) is 0. The molecule has 0 saturated carbocycles. The van der Waals surface area contributed by atoms with Gasteiger partial charge in [0.25, 0.3) is 5.56 Å². The summed E-state index contributed by atoms with van der Waals surface area (Å²) < 4.78 is 0. The maximum atomic E-state index is 12.6. The number of hydrogen-bond donors (Lipinski definition) is 1. The molecule has 2 aromatic heterocycles. The molecule has 0 amide bonds. The number of rotatable bonds is 4. The molecule has 0 fully saturated rings. The van der Waals surface area contributed by atoms with E-state index in [-0.39, 0.29) is 15.5 Å². The van der Waals surface area contributed by atoms with E-state index in [1.165, 1.54) is 17.4 Å². The fourth-order valence-electron chi connectivity index (χ4n) is 3.13. The highest BCUT2D eigenvalue weighted by Gasteiger charge is 2.22. The topological polar surface area (TPSA) is 92.1 Å². The van der Waals surface area contributed by atoms with Gasteiger partial charge in [-0.25, -0.2) is 4.98 Å². The molecule has 0 radical (unpaired) electrons. The summed E-state index contributed by atoms with van der Waals surface area (Å²) in [4.78, 5) is 33.5. The van der Waals surface area contributed by atoms with E-state index >= 15 is 0 Å². The zero-order valence-electron chi connectivity index (χ0n) is 14.1. The van der Waals surface area contributed by atoms with Crippen molar-refractivity contribution in [1.29, 1.82) is 0 Å². The molecule has 0 saturated heterocycles. The van der Waals surface area contributed by atoms with Crippen LogP contribution in [0.3, 0.4) is 0 Å². The number of aromatic amines is 1. The van der Waals surface area contributed by atoms with Crippen molar-refractivity contribution in [3.8, 4) is 11.4 Å². The van der Waals surface area contributed by atoms with Crippen LogP contribution in [0.4, 0.5) is 5.00 Å². The van der Waals surface area contributed by atoms with Gasteiger partial charge in [0.05, 0.1) is 16.2 Å². The van der Waals surface area contributed by atoms with Crippen molar-refractivity contribution < 1.29 is 4.92 Å². The summed E-state index contributed by atoms with van der Waals surface area (Å²) in [5, 5.41) is 11.6. The maximum Gasteiger partial charge on any atom is 0.324 e. The average molecular weight is 403 g/mol. The van der Waals surface area contributed by atoms with E-state index in [0.717, 1.165) is 22.7 Å². The molecule has 138 valence electrons. The molecule has 27 heavy (non-hydrogen) atoms. The number of nitro groups is 1. The van der Waals surface area contributed by atoms with Crippen LogP contribution < -0.4 is 5.56 Å². The molecule has 1 aliphatic rings. The van der Waals surface area contributed by atoms with E-state index in [1.807, 2.05) is 12.1 Å². The standard InChI is InChI=1S/C18H15ClN4O3S/c19-12-3-1-11(2-4-12)17-20-15-7-8-22(10-14(15)18(24)21-17)9-13-5-6-16(27-13)23(25)26/h1-6H,7-10H2,(H,20,21,24). The minimum Gasteiger partial charge on any atom is -0.306 e. The van der Waals surface area contributed by atoms with Gasteiger partial charge in [0.15, 0.2) is 0 Å². The molecule has 3 aromatic rings. The molecule has 0 bridgehead atoms. The molecule has 3 heterocycles. The third-order valence-electron chi connectivity index (χ3n) is 4.47.